The summed E-state index contributed by atoms with van der Waals surface area (Å²) in [6.45, 7) is 5.77. The Morgan fingerprint density at radius 3 is 2.43 bits per heavy atom. The van der Waals surface area contributed by atoms with Crippen LogP contribution in [0.5, 0.6) is 5.75 Å². The maximum atomic E-state index is 11.7. The molecule has 0 aliphatic rings. The van der Waals surface area contributed by atoms with E-state index >= 15 is 0 Å². The van der Waals surface area contributed by atoms with Gasteiger partial charge >= 0.3 is 6.09 Å². The number of fused-ring (bicyclic) bond motifs is 1. The summed E-state index contributed by atoms with van der Waals surface area (Å²) in [5.41, 5.74) is 6.68. The van der Waals surface area contributed by atoms with Crippen molar-refractivity contribution in [3.8, 4) is 5.75 Å². The highest BCUT2D eigenvalue weighted by molar-refractivity contribution is 5.91. The third kappa shape index (κ3) is 4.36. The fourth-order valence-corrected chi connectivity index (χ4v) is 2.41. The summed E-state index contributed by atoms with van der Waals surface area (Å²) in [4.78, 5) is 11.7. The molecule has 0 spiro atoms. The van der Waals surface area contributed by atoms with Gasteiger partial charge in [-0.25, -0.2) is 4.79 Å². The zero-order valence-electron chi connectivity index (χ0n) is 14.1. The third-order valence-corrected chi connectivity index (χ3v) is 3.40. The highest BCUT2D eigenvalue weighted by Crippen LogP contribution is 2.30. The summed E-state index contributed by atoms with van der Waals surface area (Å²) in [5.74, 6) is 0.802. The van der Waals surface area contributed by atoms with Gasteiger partial charge < -0.3 is 20.5 Å². The first kappa shape index (κ1) is 17.1. The van der Waals surface area contributed by atoms with Crippen molar-refractivity contribution >= 4 is 16.9 Å². The molecule has 0 saturated heterocycles. The maximum Gasteiger partial charge on any atom is 0.407 e. The van der Waals surface area contributed by atoms with Gasteiger partial charge in [0.2, 0.25) is 0 Å². The van der Waals surface area contributed by atoms with Crippen LogP contribution in [0.2, 0.25) is 0 Å². The van der Waals surface area contributed by atoms with Crippen molar-refractivity contribution in [1.82, 2.24) is 5.32 Å². The molecular formula is C18H24N2O3. The molecule has 5 heteroatoms. The normalized spacial score (nSPS) is 12.7. The Labute approximate surface area is 136 Å². The van der Waals surface area contributed by atoms with Crippen molar-refractivity contribution in [1.29, 1.82) is 0 Å². The second-order valence-electron chi connectivity index (χ2n) is 6.39. The van der Waals surface area contributed by atoms with Crippen LogP contribution in [0.1, 0.15) is 32.4 Å². The minimum atomic E-state index is -0.527. The van der Waals surface area contributed by atoms with E-state index in [4.69, 9.17) is 15.2 Å². The number of hydrogen-bond donors (Lipinski definition) is 2. The van der Waals surface area contributed by atoms with Gasteiger partial charge in [0.05, 0.1) is 7.11 Å². The standard InChI is InChI=1S/C18H24N2O3/c1-18(2,3)23-17(21)20-11-15(19)13-9-10-16(22-4)14-8-6-5-7-12(13)14/h5-10,15H,11,19H2,1-4H3,(H,20,21). The lowest BCUT2D eigenvalue weighted by atomic mass is 9.98. The average molecular weight is 316 g/mol. The van der Waals surface area contributed by atoms with Crippen LogP contribution in [-0.2, 0) is 4.74 Å². The van der Waals surface area contributed by atoms with Crippen molar-refractivity contribution < 1.29 is 14.3 Å². The summed E-state index contributed by atoms with van der Waals surface area (Å²) >= 11 is 0. The van der Waals surface area contributed by atoms with Gasteiger partial charge in [-0.3, -0.25) is 0 Å². The van der Waals surface area contributed by atoms with Gasteiger partial charge in [0, 0.05) is 18.0 Å². The predicted molar refractivity (Wildman–Crippen MR) is 91.7 cm³/mol. The van der Waals surface area contributed by atoms with Crippen molar-refractivity contribution in [2.75, 3.05) is 13.7 Å². The number of alkyl carbamates (subject to hydrolysis) is 1. The van der Waals surface area contributed by atoms with E-state index < -0.39 is 11.7 Å². The van der Waals surface area contributed by atoms with Crippen LogP contribution in [0.3, 0.4) is 0 Å². The number of rotatable bonds is 4. The molecule has 5 nitrogen and oxygen atoms in total. The third-order valence-electron chi connectivity index (χ3n) is 3.40. The summed E-state index contributed by atoms with van der Waals surface area (Å²) in [7, 11) is 1.64. The Hall–Kier alpha value is -2.27. The summed E-state index contributed by atoms with van der Waals surface area (Å²) in [5, 5.41) is 4.73. The van der Waals surface area contributed by atoms with Crippen LogP contribution in [0, 0.1) is 0 Å². The molecule has 0 aliphatic heterocycles. The zero-order valence-corrected chi connectivity index (χ0v) is 14.1. The van der Waals surface area contributed by atoms with E-state index in [1.54, 1.807) is 7.11 Å². The van der Waals surface area contributed by atoms with Crippen molar-refractivity contribution in [3.05, 3.63) is 42.0 Å². The van der Waals surface area contributed by atoms with E-state index in [2.05, 4.69) is 5.32 Å². The SMILES string of the molecule is COc1ccc(C(N)CNC(=O)OC(C)(C)C)c2ccccc12. The Bertz CT molecular complexity index is 692. The van der Waals surface area contributed by atoms with Crippen LogP contribution < -0.4 is 15.8 Å². The van der Waals surface area contributed by atoms with E-state index in [1.807, 2.05) is 57.2 Å². The van der Waals surface area contributed by atoms with E-state index in [9.17, 15) is 4.79 Å². The van der Waals surface area contributed by atoms with Gasteiger partial charge in [-0.1, -0.05) is 30.3 Å². The number of carbonyl (C=O) groups is 1. The van der Waals surface area contributed by atoms with Crippen LogP contribution in [-0.4, -0.2) is 25.3 Å². The first-order valence-electron chi connectivity index (χ1n) is 7.60. The highest BCUT2D eigenvalue weighted by Gasteiger charge is 2.18. The highest BCUT2D eigenvalue weighted by atomic mass is 16.6. The van der Waals surface area contributed by atoms with Gasteiger partial charge in [0.15, 0.2) is 0 Å². The molecular weight excluding hydrogens is 292 g/mol. The molecule has 0 aliphatic carbocycles. The van der Waals surface area contributed by atoms with Gasteiger partial charge in [-0.15, -0.1) is 0 Å². The molecule has 0 radical (unpaired) electrons. The number of amides is 1. The molecule has 2 aromatic carbocycles. The number of nitrogens with two attached hydrogens (primary N) is 1. The van der Waals surface area contributed by atoms with E-state index in [0.717, 1.165) is 22.1 Å². The Kier molecular flexibility index (Phi) is 5.11. The lowest BCUT2D eigenvalue weighted by molar-refractivity contribution is 0.0524. The van der Waals surface area contributed by atoms with Crippen LogP contribution in [0.4, 0.5) is 4.79 Å². The largest absolute Gasteiger partial charge is 0.496 e. The number of hydrogen-bond acceptors (Lipinski definition) is 4. The molecule has 1 atom stereocenters. The molecule has 0 aromatic heterocycles. The topological polar surface area (TPSA) is 73.6 Å². The Morgan fingerprint density at radius 2 is 1.83 bits per heavy atom. The average Bonchev–Trinajstić information content (AvgIpc) is 2.50. The zero-order chi connectivity index (χ0) is 17.0. The number of benzene rings is 2. The predicted octanol–water partition coefficient (Wildman–Crippen LogP) is 3.37. The van der Waals surface area contributed by atoms with Gasteiger partial charge in [-0.2, -0.15) is 0 Å². The number of nitrogens with one attached hydrogen (secondary N) is 1. The number of ether oxygens (including phenoxy) is 2. The van der Waals surface area contributed by atoms with E-state index in [0.29, 0.717) is 6.54 Å². The van der Waals surface area contributed by atoms with Crippen LogP contribution >= 0.6 is 0 Å². The fraction of sp³-hybridized carbons (Fsp3) is 0.389. The molecule has 0 heterocycles. The monoisotopic (exact) mass is 316 g/mol. The number of methoxy groups -OCH3 is 1. The summed E-state index contributed by atoms with van der Waals surface area (Å²) in [6, 6.07) is 11.4. The molecule has 0 saturated carbocycles. The smallest absolute Gasteiger partial charge is 0.407 e. The molecule has 1 amide bonds. The molecule has 23 heavy (non-hydrogen) atoms. The van der Waals surface area contributed by atoms with E-state index in [1.165, 1.54) is 0 Å². The lowest BCUT2D eigenvalue weighted by Crippen LogP contribution is -2.36. The first-order valence-corrected chi connectivity index (χ1v) is 7.60. The van der Waals surface area contributed by atoms with Crippen molar-refractivity contribution in [2.45, 2.75) is 32.4 Å². The second kappa shape index (κ2) is 6.87. The first-order chi connectivity index (χ1) is 10.8. The van der Waals surface area contributed by atoms with Gasteiger partial charge in [-0.05, 0) is 37.8 Å². The van der Waals surface area contributed by atoms with Crippen molar-refractivity contribution in [2.24, 2.45) is 5.73 Å². The quantitative estimate of drug-likeness (QED) is 0.907. The van der Waals surface area contributed by atoms with Crippen LogP contribution in [0.25, 0.3) is 10.8 Å². The number of carbonyl (C=O) groups excluding carboxylic acids is 1. The summed E-state index contributed by atoms with van der Waals surface area (Å²) in [6.07, 6.45) is -0.467. The Balaban J connectivity index is 2.16. The minimum Gasteiger partial charge on any atom is -0.496 e. The molecule has 2 rings (SSSR count). The second-order valence-corrected chi connectivity index (χ2v) is 6.39. The molecule has 0 bridgehead atoms. The van der Waals surface area contributed by atoms with E-state index in [-0.39, 0.29) is 6.04 Å². The lowest BCUT2D eigenvalue weighted by Gasteiger charge is -2.21. The van der Waals surface area contributed by atoms with Crippen molar-refractivity contribution in [3.63, 3.8) is 0 Å². The molecule has 1 unspecified atom stereocenters. The molecule has 2 aromatic rings. The molecule has 3 N–H and O–H groups in total. The Morgan fingerprint density at radius 1 is 1.17 bits per heavy atom. The molecule has 124 valence electrons. The maximum absolute atomic E-state index is 11.7. The molecule has 0 fully saturated rings. The summed E-state index contributed by atoms with van der Waals surface area (Å²) < 4.78 is 10.6. The van der Waals surface area contributed by atoms with Crippen LogP contribution in [0.15, 0.2) is 36.4 Å². The fourth-order valence-electron chi connectivity index (χ4n) is 2.41. The minimum absolute atomic E-state index is 0.297. The van der Waals surface area contributed by atoms with Gasteiger partial charge in [0.1, 0.15) is 11.4 Å². The van der Waals surface area contributed by atoms with Gasteiger partial charge in [0.25, 0.3) is 0 Å².